The van der Waals surface area contributed by atoms with Crippen molar-refractivity contribution in [3.05, 3.63) is 41.7 Å². The van der Waals surface area contributed by atoms with Gasteiger partial charge in [-0.25, -0.2) is 5.43 Å². The van der Waals surface area contributed by atoms with Gasteiger partial charge in [-0.05, 0) is 17.7 Å². The monoisotopic (exact) mass is 275 g/mol. The third kappa shape index (κ3) is 2.61. The Labute approximate surface area is 119 Å². The first kappa shape index (κ1) is 14.4. The molecule has 0 saturated heterocycles. The molecule has 0 aliphatic carbocycles. The molecule has 2 rings (SSSR count). The molecule has 0 spiro atoms. The smallest absolute Gasteiger partial charge is 0.161 e. The highest BCUT2D eigenvalue weighted by atomic mass is 16.5. The normalized spacial score (nSPS) is 12.2. The van der Waals surface area contributed by atoms with Gasteiger partial charge in [-0.2, -0.15) is 5.10 Å². The van der Waals surface area contributed by atoms with Crippen LogP contribution in [0.2, 0.25) is 0 Å². The molecule has 3 N–H and O–H groups in total. The molecule has 1 unspecified atom stereocenters. The maximum absolute atomic E-state index is 5.73. The molecule has 0 saturated carbocycles. The van der Waals surface area contributed by atoms with E-state index >= 15 is 0 Å². The quantitative estimate of drug-likeness (QED) is 0.630. The van der Waals surface area contributed by atoms with E-state index in [1.54, 1.807) is 18.0 Å². The van der Waals surface area contributed by atoms with E-state index < -0.39 is 0 Å². The standard InChI is InChI=1S/C14H21N5O/c1-18(2)11-7-5-10(6-8-11)13(17-15)14-12(20-4)9-16-19(14)3/h5-9,13,17H,15H2,1-4H3. The van der Waals surface area contributed by atoms with Gasteiger partial charge in [0.05, 0.1) is 19.3 Å². The van der Waals surface area contributed by atoms with Gasteiger partial charge in [0, 0.05) is 26.8 Å². The Kier molecular flexibility index (Phi) is 4.26. The van der Waals surface area contributed by atoms with Gasteiger partial charge in [0.15, 0.2) is 5.75 Å². The minimum atomic E-state index is -0.173. The molecule has 2 aromatic rings. The zero-order chi connectivity index (χ0) is 14.7. The molecule has 1 aromatic heterocycles. The molecule has 0 amide bonds. The molecule has 0 bridgehead atoms. The number of methoxy groups -OCH3 is 1. The zero-order valence-electron chi connectivity index (χ0n) is 12.3. The number of nitrogens with two attached hydrogens (primary N) is 1. The SMILES string of the molecule is COc1cnn(C)c1C(NN)c1ccc(N(C)C)cc1. The van der Waals surface area contributed by atoms with E-state index in [1.807, 2.05) is 33.3 Å². The van der Waals surface area contributed by atoms with Crippen molar-refractivity contribution in [2.24, 2.45) is 12.9 Å². The summed E-state index contributed by atoms with van der Waals surface area (Å²) in [5, 5.41) is 4.22. The fraction of sp³-hybridized carbons (Fsp3) is 0.357. The Bertz CT molecular complexity index is 561. The first-order valence-electron chi connectivity index (χ1n) is 6.37. The van der Waals surface area contributed by atoms with Gasteiger partial charge in [-0.3, -0.25) is 10.5 Å². The van der Waals surface area contributed by atoms with Crippen LogP contribution in [0.25, 0.3) is 0 Å². The lowest BCUT2D eigenvalue weighted by molar-refractivity contribution is 0.401. The third-order valence-corrected chi connectivity index (χ3v) is 3.35. The highest BCUT2D eigenvalue weighted by Crippen LogP contribution is 2.29. The molecule has 0 aliphatic heterocycles. The van der Waals surface area contributed by atoms with Crippen molar-refractivity contribution in [3.63, 3.8) is 0 Å². The minimum Gasteiger partial charge on any atom is -0.493 e. The van der Waals surface area contributed by atoms with Crippen LogP contribution in [0.4, 0.5) is 5.69 Å². The Balaban J connectivity index is 2.39. The van der Waals surface area contributed by atoms with Gasteiger partial charge < -0.3 is 9.64 Å². The number of hydrogen-bond donors (Lipinski definition) is 2. The molecule has 0 radical (unpaired) electrons. The lowest BCUT2D eigenvalue weighted by Gasteiger charge is -2.19. The summed E-state index contributed by atoms with van der Waals surface area (Å²) in [4.78, 5) is 2.05. The van der Waals surface area contributed by atoms with Gasteiger partial charge in [0.1, 0.15) is 5.69 Å². The number of aromatic nitrogens is 2. The molecule has 1 heterocycles. The Morgan fingerprint density at radius 3 is 2.45 bits per heavy atom. The summed E-state index contributed by atoms with van der Waals surface area (Å²) in [5.74, 6) is 6.44. The lowest BCUT2D eigenvalue weighted by atomic mass is 10.0. The van der Waals surface area contributed by atoms with Crippen LogP contribution in [0.3, 0.4) is 0 Å². The number of anilines is 1. The number of ether oxygens (including phenoxy) is 1. The summed E-state index contributed by atoms with van der Waals surface area (Å²) in [7, 11) is 7.52. The number of hydrazine groups is 1. The molecule has 6 heteroatoms. The third-order valence-electron chi connectivity index (χ3n) is 3.35. The highest BCUT2D eigenvalue weighted by Gasteiger charge is 2.21. The first-order chi connectivity index (χ1) is 9.58. The Hall–Kier alpha value is -2.05. The van der Waals surface area contributed by atoms with E-state index in [-0.39, 0.29) is 6.04 Å². The maximum Gasteiger partial charge on any atom is 0.161 e. The molecule has 6 nitrogen and oxygen atoms in total. The molecule has 1 atom stereocenters. The van der Waals surface area contributed by atoms with Crippen LogP contribution in [-0.4, -0.2) is 31.0 Å². The van der Waals surface area contributed by atoms with Crippen molar-refractivity contribution in [1.82, 2.24) is 15.2 Å². The summed E-state index contributed by atoms with van der Waals surface area (Å²) in [6, 6.07) is 8.04. The number of nitrogens with zero attached hydrogens (tertiary/aromatic N) is 3. The second-order valence-electron chi connectivity index (χ2n) is 4.81. The van der Waals surface area contributed by atoms with E-state index in [9.17, 15) is 0 Å². The van der Waals surface area contributed by atoms with E-state index in [2.05, 4.69) is 27.6 Å². The summed E-state index contributed by atoms with van der Waals surface area (Å²) in [6.07, 6.45) is 1.69. The van der Waals surface area contributed by atoms with E-state index in [1.165, 1.54) is 0 Å². The van der Waals surface area contributed by atoms with Crippen LogP contribution in [-0.2, 0) is 7.05 Å². The average Bonchev–Trinajstić information content (AvgIpc) is 2.82. The van der Waals surface area contributed by atoms with Gasteiger partial charge in [-0.1, -0.05) is 12.1 Å². The van der Waals surface area contributed by atoms with Gasteiger partial charge in [-0.15, -0.1) is 0 Å². The van der Waals surface area contributed by atoms with Gasteiger partial charge in [0.25, 0.3) is 0 Å². The number of aryl methyl sites for hydroxylation is 1. The maximum atomic E-state index is 5.73. The van der Waals surface area contributed by atoms with Crippen molar-refractivity contribution >= 4 is 5.69 Å². The Morgan fingerprint density at radius 2 is 1.95 bits per heavy atom. The van der Waals surface area contributed by atoms with Crippen molar-refractivity contribution in [2.45, 2.75) is 6.04 Å². The second kappa shape index (κ2) is 5.94. The van der Waals surface area contributed by atoms with Crippen LogP contribution in [0.1, 0.15) is 17.3 Å². The largest absolute Gasteiger partial charge is 0.493 e. The summed E-state index contributed by atoms with van der Waals surface area (Å²) >= 11 is 0. The van der Waals surface area contributed by atoms with E-state index in [0.29, 0.717) is 5.75 Å². The van der Waals surface area contributed by atoms with Crippen LogP contribution < -0.4 is 20.9 Å². The predicted molar refractivity (Wildman–Crippen MR) is 79.7 cm³/mol. The minimum absolute atomic E-state index is 0.173. The molecule has 108 valence electrons. The van der Waals surface area contributed by atoms with Crippen LogP contribution in [0.5, 0.6) is 5.75 Å². The van der Waals surface area contributed by atoms with Crippen molar-refractivity contribution < 1.29 is 4.74 Å². The summed E-state index contributed by atoms with van der Waals surface area (Å²) < 4.78 is 7.11. The van der Waals surface area contributed by atoms with Crippen molar-refractivity contribution in [3.8, 4) is 5.75 Å². The first-order valence-corrected chi connectivity index (χ1v) is 6.37. The van der Waals surface area contributed by atoms with Crippen molar-refractivity contribution in [2.75, 3.05) is 26.1 Å². The molecule has 1 aromatic carbocycles. The highest BCUT2D eigenvalue weighted by molar-refractivity contribution is 5.48. The van der Waals surface area contributed by atoms with Crippen LogP contribution in [0, 0.1) is 0 Å². The number of benzene rings is 1. The lowest BCUT2D eigenvalue weighted by Crippen LogP contribution is -2.30. The molecular formula is C14H21N5O. The van der Waals surface area contributed by atoms with Crippen molar-refractivity contribution in [1.29, 1.82) is 0 Å². The number of hydrogen-bond acceptors (Lipinski definition) is 5. The summed E-state index contributed by atoms with van der Waals surface area (Å²) in [5.41, 5.74) is 5.92. The second-order valence-corrected chi connectivity index (χ2v) is 4.81. The fourth-order valence-electron chi connectivity index (χ4n) is 2.21. The predicted octanol–water partition coefficient (Wildman–Crippen LogP) is 1.05. The topological polar surface area (TPSA) is 68.3 Å². The molecule has 0 fully saturated rings. The molecule has 0 aliphatic rings. The van der Waals surface area contributed by atoms with Crippen LogP contribution >= 0.6 is 0 Å². The van der Waals surface area contributed by atoms with Crippen LogP contribution in [0.15, 0.2) is 30.5 Å². The summed E-state index contributed by atoms with van der Waals surface area (Å²) in [6.45, 7) is 0. The fourth-order valence-corrected chi connectivity index (χ4v) is 2.21. The van der Waals surface area contributed by atoms with Gasteiger partial charge >= 0.3 is 0 Å². The van der Waals surface area contributed by atoms with E-state index in [0.717, 1.165) is 16.9 Å². The number of rotatable bonds is 5. The zero-order valence-corrected chi connectivity index (χ0v) is 12.3. The average molecular weight is 275 g/mol. The number of nitrogens with one attached hydrogen (secondary N) is 1. The van der Waals surface area contributed by atoms with E-state index in [4.69, 9.17) is 10.6 Å². The molecule has 20 heavy (non-hydrogen) atoms. The molecular weight excluding hydrogens is 254 g/mol. The Morgan fingerprint density at radius 1 is 1.30 bits per heavy atom. The van der Waals surface area contributed by atoms with Gasteiger partial charge in [0.2, 0.25) is 0 Å².